The van der Waals surface area contributed by atoms with Gasteiger partial charge in [0.05, 0.1) is 11.8 Å². The molecule has 1 aromatic rings. The minimum absolute atomic E-state index is 0.324. The van der Waals surface area contributed by atoms with E-state index in [1.807, 2.05) is 10.7 Å². The number of nitrogens with zero attached hydrogens (tertiary/aromatic N) is 2. The van der Waals surface area contributed by atoms with Crippen LogP contribution in [-0.2, 0) is 6.54 Å². The molecule has 0 aromatic carbocycles. The van der Waals surface area contributed by atoms with Crippen LogP contribution in [0.15, 0.2) is 12.3 Å². The van der Waals surface area contributed by atoms with Crippen LogP contribution in [0.4, 0.5) is 0 Å². The molecule has 1 heterocycles. The summed E-state index contributed by atoms with van der Waals surface area (Å²) in [6.45, 7) is 5.18. The zero-order valence-corrected chi connectivity index (χ0v) is 12.4. The van der Waals surface area contributed by atoms with Crippen LogP contribution in [0.2, 0.25) is 0 Å². The SMILES string of the molecule is CCCCC1CCC(C(O)c2ccnn2CC)CC1. The Balaban J connectivity index is 1.87. The van der Waals surface area contributed by atoms with Crippen LogP contribution in [0.1, 0.15) is 70.6 Å². The number of hydrogen-bond donors (Lipinski definition) is 1. The molecule has 0 aliphatic heterocycles. The first-order valence-electron chi connectivity index (χ1n) is 7.96. The van der Waals surface area contributed by atoms with Gasteiger partial charge in [-0.25, -0.2) is 0 Å². The summed E-state index contributed by atoms with van der Waals surface area (Å²) in [6, 6.07) is 1.97. The van der Waals surface area contributed by atoms with Crippen LogP contribution in [0.25, 0.3) is 0 Å². The molecule has 0 spiro atoms. The number of aliphatic hydroxyl groups is 1. The molecule has 3 nitrogen and oxygen atoms in total. The van der Waals surface area contributed by atoms with Gasteiger partial charge in [-0.15, -0.1) is 0 Å². The van der Waals surface area contributed by atoms with E-state index < -0.39 is 0 Å². The lowest BCUT2D eigenvalue weighted by atomic mass is 9.77. The highest BCUT2D eigenvalue weighted by atomic mass is 16.3. The second kappa shape index (κ2) is 7.09. The zero-order chi connectivity index (χ0) is 13.7. The van der Waals surface area contributed by atoms with Crippen molar-refractivity contribution >= 4 is 0 Å². The molecule has 1 fully saturated rings. The Hall–Kier alpha value is -0.830. The van der Waals surface area contributed by atoms with Gasteiger partial charge in [0.1, 0.15) is 0 Å². The molecule has 0 saturated heterocycles. The number of aryl methyl sites for hydroxylation is 1. The van der Waals surface area contributed by atoms with Crippen LogP contribution >= 0.6 is 0 Å². The fourth-order valence-corrected chi connectivity index (χ4v) is 3.39. The van der Waals surface area contributed by atoms with Crippen LogP contribution < -0.4 is 0 Å². The lowest BCUT2D eigenvalue weighted by Crippen LogP contribution is -2.22. The molecular formula is C16H28N2O. The van der Waals surface area contributed by atoms with Crippen molar-refractivity contribution in [2.24, 2.45) is 11.8 Å². The first-order chi connectivity index (χ1) is 9.26. The number of hydrogen-bond acceptors (Lipinski definition) is 2. The number of aromatic nitrogens is 2. The van der Waals surface area contributed by atoms with Gasteiger partial charge in [0.2, 0.25) is 0 Å². The third-order valence-electron chi connectivity index (χ3n) is 4.66. The minimum atomic E-state index is -0.324. The highest BCUT2D eigenvalue weighted by Crippen LogP contribution is 2.38. The van der Waals surface area contributed by atoms with Crippen LogP contribution in [0.5, 0.6) is 0 Å². The van der Waals surface area contributed by atoms with Gasteiger partial charge >= 0.3 is 0 Å². The monoisotopic (exact) mass is 264 g/mol. The van der Waals surface area contributed by atoms with E-state index in [9.17, 15) is 5.11 Å². The quantitative estimate of drug-likeness (QED) is 0.845. The maximum absolute atomic E-state index is 10.5. The van der Waals surface area contributed by atoms with Gasteiger partial charge < -0.3 is 5.11 Å². The molecule has 108 valence electrons. The van der Waals surface area contributed by atoms with Gasteiger partial charge in [0.25, 0.3) is 0 Å². The fourth-order valence-electron chi connectivity index (χ4n) is 3.39. The Bertz CT molecular complexity index is 367. The molecule has 19 heavy (non-hydrogen) atoms. The van der Waals surface area contributed by atoms with E-state index in [0.29, 0.717) is 5.92 Å². The Morgan fingerprint density at radius 1 is 1.32 bits per heavy atom. The molecule has 1 aromatic heterocycles. The number of aliphatic hydroxyl groups excluding tert-OH is 1. The average Bonchev–Trinajstić information content (AvgIpc) is 2.93. The predicted molar refractivity (Wildman–Crippen MR) is 77.8 cm³/mol. The molecule has 1 aliphatic carbocycles. The van der Waals surface area contributed by atoms with Gasteiger partial charge in [0.15, 0.2) is 0 Å². The molecular weight excluding hydrogens is 236 g/mol. The molecule has 1 saturated carbocycles. The van der Waals surface area contributed by atoms with Crippen molar-refractivity contribution in [3.63, 3.8) is 0 Å². The van der Waals surface area contributed by atoms with Crippen molar-refractivity contribution in [2.75, 3.05) is 0 Å². The maximum atomic E-state index is 10.5. The smallest absolute Gasteiger partial charge is 0.0984 e. The fraction of sp³-hybridized carbons (Fsp3) is 0.812. The first-order valence-corrected chi connectivity index (χ1v) is 7.96. The Kier molecular flexibility index (Phi) is 5.44. The van der Waals surface area contributed by atoms with E-state index in [0.717, 1.165) is 18.2 Å². The van der Waals surface area contributed by atoms with Crippen molar-refractivity contribution < 1.29 is 5.11 Å². The third-order valence-corrected chi connectivity index (χ3v) is 4.66. The van der Waals surface area contributed by atoms with Crippen LogP contribution in [-0.4, -0.2) is 14.9 Å². The van der Waals surface area contributed by atoms with Crippen molar-refractivity contribution in [3.05, 3.63) is 18.0 Å². The third kappa shape index (κ3) is 3.59. The van der Waals surface area contributed by atoms with Crippen molar-refractivity contribution in [2.45, 2.75) is 71.4 Å². The Morgan fingerprint density at radius 2 is 2.05 bits per heavy atom. The summed E-state index contributed by atoms with van der Waals surface area (Å²) in [5.74, 6) is 1.33. The molecule has 0 amide bonds. The summed E-state index contributed by atoms with van der Waals surface area (Å²) in [5, 5.41) is 14.8. The summed E-state index contributed by atoms with van der Waals surface area (Å²) in [7, 11) is 0. The molecule has 1 atom stereocenters. The molecule has 1 aliphatic rings. The van der Waals surface area contributed by atoms with E-state index in [-0.39, 0.29) is 6.10 Å². The van der Waals surface area contributed by atoms with E-state index in [2.05, 4.69) is 18.9 Å². The van der Waals surface area contributed by atoms with Gasteiger partial charge in [-0.1, -0.05) is 39.0 Å². The van der Waals surface area contributed by atoms with Crippen LogP contribution in [0.3, 0.4) is 0 Å². The summed E-state index contributed by atoms with van der Waals surface area (Å²) >= 11 is 0. The van der Waals surface area contributed by atoms with E-state index in [4.69, 9.17) is 0 Å². The summed E-state index contributed by atoms with van der Waals surface area (Å²) in [5.41, 5.74) is 1.000. The standard InChI is InChI=1S/C16H28N2O/c1-3-5-6-13-7-9-14(10-8-13)16(19)15-11-12-17-18(15)4-2/h11-14,16,19H,3-10H2,1-2H3. The van der Waals surface area contributed by atoms with Gasteiger partial charge in [-0.3, -0.25) is 4.68 Å². The molecule has 0 radical (unpaired) electrons. The van der Waals surface area contributed by atoms with Crippen molar-refractivity contribution in [1.82, 2.24) is 9.78 Å². The largest absolute Gasteiger partial charge is 0.387 e. The summed E-state index contributed by atoms with van der Waals surface area (Å²) in [6.07, 6.45) is 10.5. The van der Waals surface area contributed by atoms with E-state index in [1.54, 1.807) is 6.20 Å². The average molecular weight is 264 g/mol. The maximum Gasteiger partial charge on any atom is 0.0984 e. The summed E-state index contributed by atoms with van der Waals surface area (Å²) in [4.78, 5) is 0. The van der Waals surface area contributed by atoms with Crippen molar-refractivity contribution in [3.8, 4) is 0 Å². The second-order valence-corrected chi connectivity index (χ2v) is 5.94. The van der Waals surface area contributed by atoms with E-state index >= 15 is 0 Å². The predicted octanol–water partition coefficient (Wildman–Crippen LogP) is 3.93. The first kappa shape index (κ1) is 14.6. The van der Waals surface area contributed by atoms with Crippen LogP contribution in [0, 0.1) is 11.8 Å². The summed E-state index contributed by atoms with van der Waals surface area (Å²) < 4.78 is 1.92. The normalized spacial score (nSPS) is 25.4. The minimum Gasteiger partial charge on any atom is -0.387 e. The molecule has 2 rings (SSSR count). The van der Waals surface area contributed by atoms with Crippen molar-refractivity contribution in [1.29, 1.82) is 0 Å². The lowest BCUT2D eigenvalue weighted by Gasteiger charge is -2.31. The highest BCUT2D eigenvalue weighted by Gasteiger charge is 2.28. The van der Waals surface area contributed by atoms with Gasteiger partial charge in [-0.2, -0.15) is 5.10 Å². The molecule has 0 bridgehead atoms. The highest BCUT2D eigenvalue weighted by molar-refractivity contribution is 5.06. The molecule has 3 heteroatoms. The lowest BCUT2D eigenvalue weighted by molar-refractivity contribution is 0.0649. The van der Waals surface area contributed by atoms with Gasteiger partial charge in [-0.05, 0) is 37.7 Å². The topological polar surface area (TPSA) is 38.1 Å². The number of unbranched alkanes of at least 4 members (excludes halogenated alkanes) is 1. The zero-order valence-electron chi connectivity index (χ0n) is 12.4. The Labute approximate surface area is 117 Å². The van der Waals surface area contributed by atoms with E-state index in [1.165, 1.54) is 44.9 Å². The number of rotatable bonds is 6. The van der Waals surface area contributed by atoms with Gasteiger partial charge in [0, 0.05) is 12.7 Å². The molecule has 1 unspecified atom stereocenters. The Morgan fingerprint density at radius 3 is 2.68 bits per heavy atom. The molecule has 1 N–H and O–H groups in total. The second-order valence-electron chi connectivity index (χ2n) is 5.94.